The molecule has 0 aliphatic rings. The lowest BCUT2D eigenvalue weighted by molar-refractivity contribution is -0.136. The maximum absolute atomic E-state index is 12.2. The highest BCUT2D eigenvalue weighted by atomic mass is 32.2. The molecule has 0 saturated heterocycles. The Morgan fingerprint density at radius 2 is 1.72 bits per heavy atom. The van der Waals surface area contributed by atoms with Crippen molar-refractivity contribution < 1.29 is 13.2 Å². The van der Waals surface area contributed by atoms with Crippen LogP contribution in [-0.4, -0.2) is 49.4 Å². The van der Waals surface area contributed by atoms with E-state index in [2.05, 4.69) is 0 Å². The minimum Gasteiger partial charge on any atom is -0.339 e. The molecule has 3 atom stereocenters. The van der Waals surface area contributed by atoms with E-state index in [0.717, 1.165) is 0 Å². The van der Waals surface area contributed by atoms with Gasteiger partial charge in [-0.25, -0.2) is 8.42 Å². The lowest BCUT2D eigenvalue weighted by atomic mass is 10.0. The first-order valence-corrected chi connectivity index (χ1v) is 8.24. The van der Waals surface area contributed by atoms with Crippen LogP contribution in [-0.2, 0) is 14.6 Å². The predicted molar refractivity (Wildman–Crippen MR) is 74.0 cm³/mol. The largest absolute Gasteiger partial charge is 0.339 e. The smallest absolute Gasteiger partial charge is 0.227 e. The second kappa shape index (κ2) is 7.09. The Morgan fingerprint density at radius 1 is 1.22 bits per heavy atom. The molecule has 0 aliphatic heterocycles. The van der Waals surface area contributed by atoms with Gasteiger partial charge in [0.2, 0.25) is 5.91 Å². The Bertz CT molecular complexity index is 366. The van der Waals surface area contributed by atoms with Crippen LogP contribution in [0.4, 0.5) is 0 Å². The fraction of sp³-hybridized carbons (Fsp3) is 0.917. The fourth-order valence-corrected chi connectivity index (χ4v) is 2.90. The summed E-state index contributed by atoms with van der Waals surface area (Å²) in [7, 11) is -3.08. The average molecular weight is 278 g/mol. The molecule has 0 aliphatic carbocycles. The van der Waals surface area contributed by atoms with Crippen molar-refractivity contribution in [1.82, 2.24) is 4.90 Å². The van der Waals surface area contributed by atoms with Crippen molar-refractivity contribution >= 4 is 15.7 Å². The minimum absolute atomic E-state index is 0.00868. The van der Waals surface area contributed by atoms with Crippen molar-refractivity contribution in [3.63, 3.8) is 0 Å². The van der Waals surface area contributed by atoms with Crippen LogP contribution in [0.2, 0.25) is 0 Å². The highest BCUT2D eigenvalue weighted by Gasteiger charge is 2.27. The number of carbonyl (C=O) groups excluding carboxylic acids is 1. The van der Waals surface area contributed by atoms with E-state index in [1.54, 1.807) is 32.6 Å². The minimum atomic E-state index is -3.08. The molecule has 0 saturated carbocycles. The average Bonchev–Trinajstić information content (AvgIpc) is 2.27. The third kappa shape index (κ3) is 4.94. The van der Waals surface area contributed by atoms with E-state index in [0.29, 0.717) is 6.54 Å². The van der Waals surface area contributed by atoms with Gasteiger partial charge in [0.1, 0.15) is 0 Å². The molecule has 0 spiro atoms. The van der Waals surface area contributed by atoms with E-state index >= 15 is 0 Å². The van der Waals surface area contributed by atoms with Gasteiger partial charge in [-0.05, 0) is 20.8 Å². The topological polar surface area (TPSA) is 80.5 Å². The maximum atomic E-state index is 12.2. The molecule has 3 unspecified atom stereocenters. The highest BCUT2D eigenvalue weighted by Crippen LogP contribution is 2.11. The van der Waals surface area contributed by atoms with Crippen LogP contribution in [0.5, 0.6) is 0 Å². The molecule has 6 heteroatoms. The van der Waals surface area contributed by atoms with Gasteiger partial charge in [0.25, 0.3) is 0 Å². The number of hydrogen-bond acceptors (Lipinski definition) is 4. The molecule has 0 aromatic rings. The molecule has 1 amide bonds. The van der Waals surface area contributed by atoms with Gasteiger partial charge < -0.3 is 10.6 Å². The number of nitrogens with two attached hydrogens (primary N) is 1. The molecule has 0 aromatic carbocycles. The van der Waals surface area contributed by atoms with Crippen LogP contribution in [0.25, 0.3) is 0 Å². The summed E-state index contributed by atoms with van der Waals surface area (Å²) in [5.41, 5.74) is 5.72. The van der Waals surface area contributed by atoms with Crippen LogP contribution in [0, 0.1) is 5.92 Å². The fourth-order valence-electron chi connectivity index (χ4n) is 1.75. The molecular formula is C12H26N2O3S. The third-order valence-corrected chi connectivity index (χ3v) is 5.14. The van der Waals surface area contributed by atoms with Gasteiger partial charge >= 0.3 is 0 Å². The normalized spacial score (nSPS) is 17.0. The van der Waals surface area contributed by atoms with E-state index in [-0.39, 0.29) is 35.4 Å². The molecule has 0 aromatic heterocycles. The number of hydrogen-bond donors (Lipinski definition) is 1. The zero-order chi connectivity index (χ0) is 14.5. The van der Waals surface area contributed by atoms with Gasteiger partial charge in [-0.3, -0.25) is 4.79 Å². The van der Waals surface area contributed by atoms with Crippen LogP contribution < -0.4 is 5.73 Å². The summed E-state index contributed by atoms with van der Waals surface area (Å²) in [5.74, 6) is -0.260. The zero-order valence-corrected chi connectivity index (χ0v) is 12.8. The maximum Gasteiger partial charge on any atom is 0.227 e. The molecule has 0 heterocycles. The Morgan fingerprint density at radius 3 is 2.06 bits per heavy atom. The molecule has 5 nitrogen and oxygen atoms in total. The Labute approximate surface area is 111 Å². The summed E-state index contributed by atoms with van der Waals surface area (Å²) in [6, 6.07) is -0.546. The van der Waals surface area contributed by atoms with Crippen molar-refractivity contribution in [2.24, 2.45) is 11.7 Å². The van der Waals surface area contributed by atoms with Gasteiger partial charge in [0.05, 0.1) is 11.7 Å². The number of amides is 1. The number of sulfone groups is 1. The Kier molecular flexibility index (Phi) is 6.84. The monoisotopic (exact) mass is 278 g/mol. The van der Waals surface area contributed by atoms with Crippen molar-refractivity contribution in [1.29, 1.82) is 0 Å². The third-order valence-electron chi connectivity index (χ3n) is 3.27. The van der Waals surface area contributed by atoms with Crippen molar-refractivity contribution in [3.05, 3.63) is 0 Å². The van der Waals surface area contributed by atoms with Gasteiger partial charge in [-0.2, -0.15) is 0 Å². The Balaban J connectivity index is 4.83. The Hall–Kier alpha value is -0.620. The zero-order valence-electron chi connectivity index (χ0n) is 12.0. The van der Waals surface area contributed by atoms with E-state index in [9.17, 15) is 13.2 Å². The van der Waals surface area contributed by atoms with Crippen LogP contribution >= 0.6 is 0 Å². The van der Waals surface area contributed by atoms with Crippen LogP contribution in [0.15, 0.2) is 0 Å². The van der Waals surface area contributed by atoms with Crippen LogP contribution in [0.3, 0.4) is 0 Å². The second-order valence-electron chi connectivity index (χ2n) is 4.82. The van der Waals surface area contributed by atoms with E-state index in [1.165, 1.54) is 0 Å². The van der Waals surface area contributed by atoms with Crippen LogP contribution in [0.1, 0.15) is 34.6 Å². The van der Waals surface area contributed by atoms with Gasteiger partial charge in [-0.15, -0.1) is 0 Å². The lowest BCUT2D eigenvalue weighted by Crippen LogP contribution is -2.48. The summed E-state index contributed by atoms with van der Waals surface area (Å²) in [4.78, 5) is 13.8. The second-order valence-corrected chi connectivity index (χ2v) is 7.22. The number of rotatable bonds is 7. The molecular weight excluding hydrogens is 252 g/mol. The standard InChI is InChI=1S/C12H26N2O3S/c1-6-14(12(15)10(4)11(5)13)9(3)8-18(16,17)7-2/h9-11H,6-8,13H2,1-5H3. The highest BCUT2D eigenvalue weighted by molar-refractivity contribution is 7.91. The molecule has 0 bridgehead atoms. The first-order valence-electron chi connectivity index (χ1n) is 6.42. The number of nitrogens with zero attached hydrogens (tertiary/aromatic N) is 1. The van der Waals surface area contributed by atoms with Gasteiger partial charge in [0, 0.05) is 24.4 Å². The predicted octanol–water partition coefficient (Wildman–Crippen LogP) is 0.641. The SMILES string of the molecule is CCN(C(=O)C(C)C(C)N)C(C)CS(=O)(=O)CC. The summed E-state index contributed by atoms with van der Waals surface area (Å²) < 4.78 is 23.2. The van der Waals surface area contributed by atoms with E-state index < -0.39 is 9.84 Å². The molecule has 108 valence electrons. The summed E-state index contributed by atoms with van der Waals surface area (Å²) in [6.45, 7) is 9.28. The molecule has 0 rings (SSSR count). The van der Waals surface area contributed by atoms with Crippen molar-refractivity contribution in [3.8, 4) is 0 Å². The van der Waals surface area contributed by atoms with Crippen molar-refractivity contribution in [2.45, 2.75) is 46.7 Å². The van der Waals surface area contributed by atoms with Gasteiger partial charge in [-0.1, -0.05) is 13.8 Å². The lowest BCUT2D eigenvalue weighted by Gasteiger charge is -2.31. The summed E-state index contributed by atoms with van der Waals surface area (Å²) in [6.07, 6.45) is 0. The van der Waals surface area contributed by atoms with E-state index in [1.807, 2.05) is 6.92 Å². The number of carbonyl (C=O) groups is 1. The van der Waals surface area contributed by atoms with Gasteiger partial charge in [0.15, 0.2) is 9.84 Å². The first kappa shape index (κ1) is 17.4. The molecule has 0 fully saturated rings. The summed E-state index contributed by atoms with van der Waals surface area (Å²) in [5, 5.41) is 0. The molecule has 2 N–H and O–H groups in total. The molecule has 0 radical (unpaired) electrons. The first-order chi connectivity index (χ1) is 8.16. The quantitative estimate of drug-likeness (QED) is 0.741. The summed E-state index contributed by atoms with van der Waals surface area (Å²) >= 11 is 0. The van der Waals surface area contributed by atoms with Crippen molar-refractivity contribution in [2.75, 3.05) is 18.1 Å². The molecule has 18 heavy (non-hydrogen) atoms. The van der Waals surface area contributed by atoms with E-state index in [4.69, 9.17) is 5.73 Å².